The first-order chi connectivity index (χ1) is 14.2. The highest BCUT2D eigenvalue weighted by molar-refractivity contribution is 7.92. The second-order valence-corrected chi connectivity index (χ2v) is 9.07. The van der Waals surface area contributed by atoms with Crippen LogP contribution in [-0.4, -0.2) is 46.9 Å². The van der Waals surface area contributed by atoms with Crippen LogP contribution in [0.3, 0.4) is 0 Å². The van der Waals surface area contributed by atoms with Crippen molar-refractivity contribution in [1.29, 1.82) is 0 Å². The van der Waals surface area contributed by atoms with Crippen molar-refractivity contribution >= 4 is 21.6 Å². The van der Waals surface area contributed by atoms with E-state index in [0.717, 1.165) is 23.4 Å². The van der Waals surface area contributed by atoms with E-state index in [-0.39, 0.29) is 11.9 Å². The summed E-state index contributed by atoms with van der Waals surface area (Å²) < 4.78 is 36.6. The summed E-state index contributed by atoms with van der Waals surface area (Å²) in [5, 5.41) is 2.92. The summed E-state index contributed by atoms with van der Waals surface area (Å²) >= 11 is 0. The van der Waals surface area contributed by atoms with Gasteiger partial charge in [-0.05, 0) is 44.4 Å². The molecule has 0 aliphatic carbocycles. The van der Waals surface area contributed by atoms with Gasteiger partial charge in [-0.3, -0.25) is 9.10 Å². The highest BCUT2D eigenvalue weighted by atomic mass is 32.2. The van der Waals surface area contributed by atoms with Crippen LogP contribution in [0.1, 0.15) is 25.8 Å². The Balaban J connectivity index is 2.14. The van der Waals surface area contributed by atoms with E-state index in [2.05, 4.69) is 5.32 Å². The lowest BCUT2D eigenvalue weighted by Gasteiger charge is -2.29. The van der Waals surface area contributed by atoms with Gasteiger partial charge >= 0.3 is 0 Å². The molecule has 0 radical (unpaired) electrons. The lowest BCUT2D eigenvalue weighted by Crippen LogP contribution is -2.50. The van der Waals surface area contributed by atoms with Gasteiger partial charge in [0.1, 0.15) is 6.04 Å². The lowest BCUT2D eigenvalue weighted by atomic mass is 10.1. The zero-order valence-electron chi connectivity index (χ0n) is 18.1. The van der Waals surface area contributed by atoms with Gasteiger partial charge in [0, 0.05) is 12.1 Å². The Morgan fingerprint density at radius 2 is 1.67 bits per heavy atom. The monoisotopic (exact) mass is 434 g/mol. The van der Waals surface area contributed by atoms with Gasteiger partial charge in [-0.15, -0.1) is 0 Å². The van der Waals surface area contributed by atoms with Crippen LogP contribution in [0.4, 0.5) is 5.69 Å². The van der Waals surface area contributed by atoms with Crippen molar-refractivity contribution in [3.05, 3.63) is 54.1 Å². The van der Waals surface area contributed by atoms with Crippen molar-refractivity contribution in [3.63, 3.8) is 0 Å². The molecule has 0 aliphatic heterocycles. The van der Waals surface area contributed by atoms with Gasteiger partial charge in [-0.1, -0.05) is 30.3 Å². The maximum Gasteiger partial charge on any atom is 0.243 e. The third-order valence-electron chi connectivity index (χ3n) is 4.81. The Hall–Kier alpha value is -2.74. The third-order valence-corrected chi connectivity index (χ3v) is 6.05. The van der Waals surface area contributed by atoms with Gasteiger partial charge in [-0.25, -0.2) is 8.42 Å². The first kappa shape index (κ1) is 23.5. The summed E-state index contributed by atoms with van der Waals surface area (Å²) in [5.74, 6) is 0.490. The van der Waals surface area contributed by atoms with E-state index in [1.165, 1.54) is 19.8 Å². The number of ether oxygens (including phenoxy) is 2. The highest BCUT2D eigenvalue weighted by Gasteiger charge is 2.30. The number of hydrogen-bond acceptors (Lipinski definition) is 5. The Morgan fingerprint density at radius 1 is 1.03 bits per heavy atom. The molecule has 0 bridgehead atoms. The van der Waals surface area contributed by atoms with Crippen LogP contribution in [0.2, 0.25) is 0 Å². The van der Waals surface area contributed by atoms with E-state index < -0.39 is 16.1 Å². The number of carbonyl (C=O) groups is 1. The topological polar surface area (TPSA) is 84.9 Å². The molecule has 0 aliphatic rings. The van der Waals surface area contributed by atoms with E-state index in [9.17, 15) is 13.2 Å². The third kappa shape index (κ3) is 6.13. The number of sulfonamides is 1. The molecule has 8 heteroatoms. The molecule has 2 atom stereocenters. The number of methoxy groups -OCH3 is 2. The maximum absolute atomic E-state index is 12.8. The average molecular weight is 435 g/mol. The first-order valence-corrected chi connectivity index (χ1v) is 11.6. The molecule has 0 unspecified atom stereocenters. The number of anilines is 1. The molecule has 0 spiro atoms. The van der Waals surface area contributed by atoms with Crippen LogP contribution in [0.25, 0.3) is 0 Å². The van der Waals surface area contributed by atoms with E-state index in [4.69, 9.17) is 9.47 Å². The molecular weight excluding hydrogens is 404 g/mol. The standard InChI is InChI=1S/C22H30N2O5S/c1-16(11-12-18-9-7-6-8-10-18)23-22(25)17(2)24(30(5,26)27)19-13-14-20(28-3)21(15-19)29-4/h6-10,13-17H,11-12H2,1-5H3,(H,23,25)/t16-,17-/m1/s1. The maximum atomic E-state index is 12.8. The number of aryl methyl sites for hydroxylation is 1. The van der Waals surface area contributed by atoms with Crippen molar-refractivity contribution in [3.8, 4) is 11.5 Å². The number of benzene rings is 2. The van der Waals surface area contributed by atoms with Crippen LogP contribution >= 0.6 is 0 Å². The van der Waals surface area contributed by atoms with Crippen molar-refractivity contribution in [2.45, 2.75) is 38.8 Å². The second kappa shape index (κ2) is 10.3. The molecule has 0 saturated carbocycles. The summed E-state index contributed by atoms with van der Waals surface area (Å²) in [7, 11) is -0.754. The molecule has 2 rings (SSSR count). The molecule has 2 aromatic rings. The number of nitrogens with one attached hydrogen (secondary N) is 1. The predicted octanol–water partition coefficient (Wildman–Crippen LogP) is 3.00. The van der Waals surface area contributed by atoms with Crippen molar-refractivity contribution in [1.82, 2.24) is 5.32 Å². The van der Waals surface area contributed by atoms with E-state index in [1.807, 2.05) is 37.3 Å². The molecule has 0 saturated heterocycles. The predicted molar refractivity (Wildman–Crippen MR) is 119 cm³/mol. The van der Waals surface area contributed by atoms with Gasteiger partial charge in [0.15, 0.2) is 11.5 Å². The molecule has 0 aromatic heterocycles. The van der Waals surface area contributed by atoms with Crippen molar-refractivity contribution in [2.75, 3.05) is 24.8 Å². The average Bonchev–Trinajstić information content (AvgIpc) is 2.71. The second-order valence-electron chi connectivity index (χ2n) is 7.21. The molecule has 164 valence electrons. The minimum Gasteiger partial charge on any atom is -0.493 e. The van der Waals surface area contributed by atoms with Gasteiger partial charge in [0.05, 0.1) is 26.2 Å². The fourth-order valence-corrected chi connectivity index (χ4v) is 4.40. The van der Waals surface area contributed by atoms with Crippen LogP contribution in [0.5, 0.6) is 11.5 Å². The van der Waals surface area contributed by atoms with E-state index in [0.29, 0.717) is 17.2 Å². The molecular formula is C22H30N2O5S. The number of amides is 1. The Labute approximate surface area is 179 Å². The van der Waals surface area contributed by atoms with Gasteiger partial charge in [0.25, 0.3) is 0 Å². The number of rotatable bonds is 10. The molecule has 0 heterocycles. The van der Waals surface area contributed by atoms with Crippen molar-refractivity contribution < 1.29 is 22.7 Å². The minimum absolute atomic E-state index is 0.105. The molecule has 7 nitrogen and oxygen atoms in total. The minimum atomic E-state index is -3.72. The van der Waals surface area contributed by atoms with Gasteiger partial charge in [0.2, 0.25) is 15.9 Å². The van der Waals surface area contributed by atoms with E-state index >= 15 is 0 Å². The summed E-state index contributed by atoms with van der Waals surface area (Å²) in [5.41, 5.74) is 1.52. The van der Waals surface area contributed by atoms with Gasteiger partial charge < -0.3 is 14.8 Å². The smallest absolute Gasteiger partial charge is 0.243 e. The normalized spacial score (nSPS) is 13.2. The number of hydrogen-bond donors (Lipinski definition) is 1. The fourth-order valence-electron chi connectivity index (χ4n) is 3.23. The summed E-state index contributed by atoms with van der Waals surface area (Å²) in [4.78, 5) is 12.8. The SMILES string of the molecule is COc1ccc(N([C@H](C)C(=O)N[C@H](C)CCc2ccccc2)S(C)(=O)=O)cc1OC. The Morgan fingerprint density at radius 3 is 2.23 bits per heavy atom. The zero-order valence-corrected chi connectivity index (χ0v) is 18.9. The summed E-state index contributed by atoms with van der Waals surface area (Å²) in [6.45, 7) is 3.48. The Bertz CT molecular complexity index is 947. The fraction of sp³-hybridized carbons (Fsp3) is 0.409. The van der Waals surface area contributed by atoms with E-state index in [1.54, 1.807) is 25.1 Å². The van der Waals surface area contributed by atoms with Crippen LogP contribution < -0.4 is 19.1 Å². The number of nitrogens with zero attached hydrogens (tertiary/aromatic N) is 1. The van der Waals surface area contributed by atoms with Gasteiger partial charge in [-0.2, -0.15) is 0 Å². The quantitative estimate of drug-likeness (QED) is 0.621. The molecule has 1 amide bonds. The molecule has 30 heavy (non-hydrogen) atoms. The molecule has 1 N–H and O–H groups in total. The number of carbonyl (C=O) groups excluding carboxylic acids is 1. The Kier molecular flexibility index (Phi) is 8.11. The molecule has 2 aromatic carbocycles. The lowest BCUT2D eigenvalue weighted by molar-refractivity contribution is -0.122. The van der Waals surface area contributed by atoms with Crippen LogP contribution in [0, 0.1) is 0 Å². The zero-order chi connectivity index (χ0) is 22.3. The summed E-state index contributed by atoms with van der Waals surface area (Å²) in [6.07, 6.45) is 2.65. The molecule has 0 fully saturated rings. The van der Waals surface area contributed by atoms with Crippen molar-refractivity contribution in [2.24, 2.45) is 0 Å². The summed E-state index contributed by atoms with van der Waals surface area (Å²) in [6, 6.07) is 13.7. The highest BCUT2D eigenvalue weighted by Crippen LogP contribution is 2.33. The largest absolute Gasteiger partial charge is 0.493 e. The van der Waals surface area contributed by atoms with Crippen LogP contribution in [-0.2, 0) is 21.2 Å². The van der Waals surface area contributed by atoms with Crippen LogP contribution in [0.15, 0.2) is 48.5 Å². The first-order valence-electron chi connectivity index (χ1n) is 9.73.